The van der Waals surface area contributed by atoms with Gasteiger partial charge < -0.3 is 8.83 Å². The SMILES string of the molecule is c1cc(-c2cccc(-c3c4oc5ccccc5c4cc4c3oc3ccccc34)c2)cc(-c2ccc3c(c2)c2ccccc2c2nccnc32)c1. The standard InChI is InChI=1S/C46H26N2O2/c1-2-16-35-32(13-1)37-25-30(19-20-36(37)44-43(35)47-21-22-48-44)28-10-7-9-27(23-28)29-11-8-12-31(24-29)42-45-38(33-14-3-5-17-40(33)49-45)26-39-34-15-4-6-18-41(34)50-46(39)42/h1-26H. The molecule has 0 fully saturated rings. The smallest absolute Gasteiger partial charge is 0.147 e. The Morgan fingerprint density at radius 2 is 0.800 bits per heavy atom. The van der Waals surface area contributed by atoms with Crippen molar-refractivity contribution in [2.75, 3.05) is 0 Å². The first-order valence-electron chi connectivity index (χ1n) is 16.8. The fourth-order valence-electron chi connectivity index (χ4n) is 7.84. The molecule has 0 unspecified atom stereocenters. The normalized spacial score (nSPS) is 12.0. The molecule has 0 aliphatic carbocycles. The average Bonchev–Trinajstić information content (AvgIpc) is 3.75. The zero-order chi connectivity index (χ0) is 32.8. The molecular formula is C46H26N2O2. The molecule has 8 aromatic carbocycles. The molecule has 11 rings (SSSR count). The lowest BCUT2D eigenvalue weighted by Crippen LogP contribution is -1.89. The van der Waals surface area contributed by atoms with Gasteiger partial charge in [0.05, 0.1) is 16.6 Å². The van der Waals surface area contributed by atoms with Crippen molar-refractivity contribution in [2.45, 2.75) is 0 Å². The first-order valence-corrected chi connectivity index (χ1v) is 16.8. The summed E-state index contributed by atoms with van der Waals surface area (Å²) in [7, 11) is 0. The van der Waals surface area contributed by atoms with Crippen LogP contribution in [0.25, 0.3) is 110 Å². The van der Waals surface area contributed by atoms with Crippen molar-refractivity contribution in [3.8, 4) is 33.4 Å². The molecule has 0 radical (unpaired) electrons. The van der Waals surface area contributed by atoms with Crippen molar-refractivity contribution in [1.82, 2.24) is 9.97 Å². The fourth-order valence-corrected chi connectivity index (χ4v) is 7.84. The maximum atomic E-state index is 6.59. The molecule has 11 aromatic rings. The van der Waals surface area contributed by atoms with Gasteiger partial charge in [-0.25, -0.2) is 0 Å². The van der Waals surface area contributed by atoms with Gasteiger partial charge in [0.15, 0.2) is 0 Å². The molecule has 0 saturated heterocycles. The van der Waals surface area contributed by atoms with Crippen LogP contribution in [0.2, 0.25) is 0 Å². The quantitative estimate of drug-likeness (QED) is 0.181. The molecule has 0 N–H and O–H groups in total. The number of para-hydroxylation sites is 2. The first-order chi connectivity index (χ1) is 24.8. The Labute approximate surface area is 285 Å². The highest BCUT2D eigenvalue weighted by atomic mass is 16.3. The summed E-state index contributed by atoms with van der Waals surface area (Å²) in [5.74, 6) is 0. The minimum absolute atomic E-state index is 0.837. The molecule has 4 heteroatoms. The predicted molar refractivity (Wildman–Crippen MR) is 205 cm³/mol. The Kier molecular flexibility index (Phi) is 5.63. The summed E-state index contributed by atoms with van der Waals surface area (Å²) in [5.41, 5.74) is 11.8. The Balaban J connectivity index is 1.09. The Hall–Kier alpha value is -6.78. The molecule has 50 heavy (non-hydrogen) atoms. The molecule has 0 saturated carbocycles. The second-order valence-corrected chi connectivity index (χ2v) is 12.9. The molecule has 232 valence electrons. The number of hydrogen-bond donors (Lipinski definition) is 0. The van der Waals surface area contributed by atoms with E-state index in [0.717, 1.165) is 99.1 Å². The second-order valence-electron chi connectivity index (χ2n) is 12.9. The summed E-state index contributed by atoms with van der Waals surface area (Å²) in [4.78, 5) is 9.43. The van der Waals surface area contributed by atoms with Gasteiger partial charge in [-0.15, -0.1) is 0 Å². The summed E-state index contributed by atoms with van der Waals surface area (Å²) >= 11 is 0. The number of furan rings is 2. The predicted octanol–water partition coefficient (Wildman–Crippen LogP) is 12.7. The summed E-state index contributed by atoms with van der Waals surface area (Å²) in [5, 5.41) is 8.95. The third-order valence-electron chi connectivity index (χ3n) is 10.1. The summed E-state index contributed by atoms with van der Waals surface area (Å²) in [6, 6.07) is 51.4. The number of benzene rings is 8. The topological polar surface area (TPSA) is 52.1 Å². The zero-order valence-electron chi connectivity index (χ0n) is 26.7. The molecule has 4 nitrogen and oxygen atoms in total. The van der Waals surface area contributed by atoms with E-state index >= 15 is 0 Å². The van der Waals surface area contributed by atoms with Crippen molar-refractivity contribution in [1.29, 1.82) is 0 Å². The molecule has 0 spiro atoms. The van der Waals surface area contributed by atoms with Crippen LogP contribution in [0.5, 0.6) is 0 Å². The van der Waals surface area contributed by atoms with Gasteiger partial charge in [0.2, 0.25) is 0 Å². The number of aromatic nitrogens is 2. The Morgan fingerprint density at radius 3 is 1.42 bits per heavy atom. The van der Waals surface area contributed by atoms with E-state index in [1.807, 2.05) is 24.3 Å². The van der Waals surface area contributed by atoms with Gasteiger partial charge in [-0.1, -0.05) is 109 Å². The van der Waals surface area contributed by atoms with Crippen molar-refractivity contribution in [3.63, 3.8) is 0 Å². The third kappa shape index (κ3) is 3.93. The number of fused-ring (bicyclic) bond motifs is 12. The van der Waals surface area contributed by atoms with Gasteiger partial charge in [0, 0.05) is 44.7 Å². The van der Waals surface area contributed by atoms with Crippen molar-refractivity contribution < 1.29 is 8.83 Å². The highest BCUT2D eigenvalue weighted by Gasteiger charge is 2.21. The number of rotatable bonds is 3. The van der Waals surface area contributed by atoms with Crippen LogP contribution in [0.4, 0.5) is 0 Å². The van der Waals surface area contributed by atoms with Crippen LogP contribution in [0.15, 0.2) is 167 Å². The third-order valence-corrected chi connectivity index (χ3v) is 10.1. The molecular weight excluding hydrogens is 613 g/mol. The van der Waals surface area contributed by atoms with Crippen LogP contribution < -0.4 is 0 Å². The van der Waals surface area contributed by atoms with E-state index in [1.165, 1.54) is 10.8 Å². The Morgan fingerprint density at radius 1 is 0.320 bits per heavy atom. The molecule has 0 atom stereocenters. The number of nitrogens with zero attached hydrogens (tertiary/aromatic N) is 2. The Bertz CT molecular complexity index is 3040. The van der Waals surface area contributed by atoms with Gasteiger partial charge in [-0.3, -0.25) is 9.97 Å². The van der Waals surface area contributed by atoms with Gasteiger partial charge >= 0.3 is 0 Å². The monoisotopic (exact) mass is 638 g/mol. The highest BCUT2D eigenvalue weighted by Crippen LogP contribution is 2.45. The van der Waals surface area contributed by atoms with Crippen LogP contribution in [-0.2, 0) is 0 Å². The lowest BCUT2D eigenvalue weighted by molar-refractivity contribution is 0.658. The van der Waals surface area contributed by atoms with Crippen LogP contribution in [0.3, 0.4) is 0 Å². The highest BCUT2D eigenvalue weighted by molar-refractivity contribution is 6.24. The lowest BCUT2D eigenvalue weighted by Gasteiger charge is -2.12. The summed E-state index contributed by atoms with van der Waals surface area (Å²) in [6.45, 7) is 0. The summed E-state index contributed by atoms with van der Waals surface area (Å²) in [6.07, 6.45) is 3.54. The van der Waals surface area contributed by atoms with Crippen LogP contribution in [0, 0.1) is 0 Å². The van der Waals surface area contributed by atoms with Crippen LogP contribution in [0.1, 0.15) is 0 Å². The van der Waals surface area contributed by atoms with Crippen molar-refractivity contribution >= 4 is 76.5 Å². The molecule has 3 aromatic heterocycles. The maximum absolute atomic E-state index is 6.59. The van der Waals surface area contributed by atoms with E-state index in [9.17, 15) is 0 Å². The summed E-state index contributed by atoms with van der Waals surface area (Å²) < 4.78 is 13.2. The molecule has 3 heterocycles. The molecule has 0 bridgehead atoms. The fraction of sp³-hybridized carbons (Fsp3) is 0. The van der Waals surface area contributed by atoms with E-state index in [-0.39, 0.29) is 0 Å². The molecule has 0 amide bonds. The second kappa shape index (κ2) is 10.4. The van der Waals surface area contributed by atoms with E-state index in [2.05, 4.69) is 121 Å². The minimum atomic E-state index is 0.837. The van der Waals surface area contributed by atoms with Gasteiger partial charge in [0.1, 0.15) is 22.3 Å². The van der Waals surface area contributed by atoms with Gasteiger partial charge in [-0.05, 0) is 75.0 Å². The van der Waals surface area contributed by atoms with E-state index in [1.54, 1.807) is 12.4 Å². The zero-order valence-corrected chi connectivity index (χ0v) is 26.7. The minimum Gasteiger partial charge on any atom is -0.455 e. The van der Waals surface area contributed by atoms with Crippen LogP contribution in [-0.4, -0.2) is 9.97 Å². The van der Waals surface area contributed by atoms with E-state index < -0.39 is 0 Å². The van der Waals surface area contributed by atoms with E-state index in [0.29, 0.717) is 0 Å². The van der Waals surface area contributed by atoms with Crippen molar-refractivity contribution in [3.05, 3.63) is 158 Å². The maximum Gasteiger partial charge on any atom is 0.147 e. The van der Waals surface area contributed by atoms with Gasteiger partial charge in [0.25, 0.3) is 0 Å². The van der Waals surface area contributed by atoms with Gasteiger partial charge in [-0.2, -0.15) is 0 Å². The lowest BCUT2D eigenvalue weighted by atomic mass is 9.93. The van der Waals surface area contributed by atoms with Crippen LogP contribution >= 0.6 is 0 Å². The molecule has 0 aliphatic heterocycles. The molecule has 0 aliphatic rings. The van der Waals surface area contributed by atoms with Crippen molar-refractivity contribution in [2.24, 2.45) is 0 Å². The average molecular weight is 639 g/mol. The largest absolute Gasteiger partial charge is 0.455 e. The number of hydrogen-bond acceptors (Lipinski definition) is 4. The van der Waals surface area contributed by atoms with E-state index in [4.69, 9.17) is 18.8 Å². The first kappa shape index (κ1) is 27.2.